The maximum Gasteiger partial charge on any atom is 0.0688 e. The Balaban J connectivity index is 3.32. The van der Waals surface area contributed by atoms with Gasteiger partial charge in [-0.2, -0.15) is 0 Å². The first-order valence-electron chi connectivity index (χ1n) is 2.22. The number of hydrogen-bond donors (Lipinski definition) is 2. The third kappa shape index (κ3) is 3.09. The first-order valence-corrected chi connectivity index (χ1v) is 3.36. The Kier molecular flexibility index (Phi) is 3.98. The van der Waals surface area contributed by atoms with Gasteiger partial charge in [-0.15, -0.1) is 0 Å². The molecule has 5 heteroatoms. The highest BCUT2D eigenvalue weighted by Gasteiger charge is 1.97. The van der Waals surface area contributed by atoms with E-state index in [1.165, 1.54) is 0 Å². The Morgan fingerprint density at radius 3 is 2.38 bits per heavy atom. The normalized spacial score (nSPS) is 17.9. The van der Waals surface area contributed by atoms with E-state index in [9.17, 15) is 8.76 Å². The summed E-state index contributed by atoms with van der Waals surface area (Å²) in [4.78, 5) is 0. The zero-order chi connectivity index (χ0) is 6.57. The molecular weight excluding hydrogens is 128 g/mol. The largest absolute Gasteiger partial charge is 0.771 e. The average Bonchev–Trinajstić information content (AvgIpc) is 1.67. The summed E-state index contributed by atoms with van der Waals surface area (Å²) in [6, 6.07) is 0. The summed E-state index contributed by atoms with van der Waals surface area (Å²) < 4.78 is 19.8. The highest BCUT2D eigenvalue weighted by molar-refractivity contribution is 7.79. The molecule has 0 saturated heterocycles. The Morgan fingerprint density at radius 1 is 1.75 bits per heavy atom. The molecule has 0 aromatic rings. The first-order chi connectivity index (χ1) is 3.68. The lowest BCUT2D eigenvalue weighted by atomic mass is 10.4. The summed E-state index contributed by atoms with van der Waals surface area (Å²) in [5.41, 5.74) is 10.0. The van der Waals surface area contributed by atoms with Gasteiger partial charge in [0.2, 0.25) is 0 Å². The van der Waals surface area contributed by atoms with E-state index in [4.69, 9.17) is 11.5 Å². The molecule has 50 valence electrons. The fourth-order valence-electron chi connectivity index (χ4n) is 0.260. The van der Waals surface area contributed by atoms with Crippen LogP contribution in [0.15, 0.2) is 0 Å². The van der Waals surface area contributed by atoms with Gasteiger partial charge in [0.1, 0.15) is 0 Å². The van der Waals surface area contributed by atoms with Crippen molar-refractivity contribution in [2.75, 3.05) is 6.54 Å². The van der Waals surface area contributed by atoms with Crippen LogP contribution in [0, 0.1) is 0 Å². The van der Waals surface area contributed by atoms with Crippen molar-refractivity contribution in [3.8, 4) is 0 Å². The molecule has 0 aliphatic heterocycles. The lowest BCUT2D eigenvalue weighted by Gasteiger charge is -2.11. The van der Waals surface area contributed by atoms with Crippen LogP contribution in [0.3, 0.4) is 0 Å². The third-order valence-corrected chi connectivity index (χ3v) is 1.43. The molecule has 0 fully saturated rings. The van der Waals surface area contributed by atoms with Gasteiger partial charge in [0.25, 0.3) is 0 Å². The van der Waals surface area contributed by atoms with Crippen LogP contribution in [0.1, 0.15) is 6.42 Å². The zero-order valence-electron chi connectivity index (χ0n) is 4.37. The molecule has 0 aromatic carbocycles. The highest BCUT2D eigenvalue weighted by Crippen LogP contribution is 1.87. The fourth-order valence-corrected chi connectivity index (χ4v) is 0.589. The first kappa shape index (κ1) is 8.03. The van der Waals surface area contributed by atoms with Crippen molar-refractivity contribution in [2.24, 2.45) is 11.5 Å². The van der Waals surface area contributed by atoms with Crippen LogP contribution >= 0.6 is 0 Å². The zero-order valence-corrected chi connectivity index (χ0v) is 5.19. The summed E-state index contributed by atoms with van der Waals surface area (Å²) in [5.74, 6) is 0. The summed E-state index contributed by atoms with van der Waals surface area (Å²) in [6.07, 6.45) is 0.329. The monoisotopic (exact) mass is 137 g/mol. The van der Waals surface area contributed by atoms with E-state index in [1.54, 1.807) is 0 Å². The van der Waals surface area contributed by atoms with E-state index in [-0.39, 0.29) is 0 Å². The molecular formula is C3H9N2O2S-. The lowest BCUT2D eigenvalue weighted by Crippen LogP contribution is -2.28. The lowest BCUT2D eigenvalue weighted by molar-refractivity contribution is 0.518. The minimum atomic E-state index is -2.16. The predicted octanol–water partition coefficient (Wildman–Crippen LogP) is -1.50. The molecule has 8 heavy (non-hydrogen) atoms. The van der Waals surface area contributed by atoms with E-state index in [0.29, 0.717) is 13.0 Å². The molecule has 4 N–H and O–H groups in total. The minimum Gasteiger partial charge on any atom is -0.771 e. The van der Waals surface area contributed by atoms with Gasteiger partial charge in [0, 0.05) is 0 Å². The van der Waals surface area contributed by atoms with Gasteiger partial charge in [-0.25, -0.2) is 0 Å². The number of hydrogen-bond acceptors (Lipinski definition) is 4. The van der Waals surface area contributed by atoms with Crippen LogP contribution in [0.5, 0.6) is 0 Å². The second kappa shape index (κ2) is 3.96. The van der Waals surface area contributed by atoms with Crippen molar-refractivity contribution in [1.29, 1.82) is 0 Å². The molecule has 0 aliphatic carbocycles. The smallest absolute Gasteiger partial charge is 0.0688 e. The van der Waals surface area contributed by atoms with Crippen molar-refractivity contribution >= 4 is 11.1 Å². The van der Waals surface area contributed by atoms with Gasteiger partial charge in [-0.05, 0) is 24.0 Å². The molecule has 2 atom stereocenters. The van der Waals surface area contributed by atoms with E-state index in [2.05, 4.69) is 0 Å². The molecule has 0 saturated carbocycles. The minimum absolute atomic E-state index is 0.315. The second-order valence-electron chi connectivity index (χ2n) is 1.38. The van der Waals surface area contributed by atoms with E-state index in [1.807, 2.05) is 0 Å². The Hall–Kier alpha value is 0.0300. The number of nitrogens with two attached hydrogens (primary N) is 2. The van der Waals surface area contributed by atoms with Crippen LogP contribution in [-0.4, -0.2) is 20.7 Å². The molecule has 0 aliphatic rings. The quantitative estimate of drug-likeness (QED) is 0.463. The van der Waals surface area contributed by atoms with Crippen LogP contribution < -0.4 is 11.5 Å². The van der Waals surface area contributed by atoms with Crippen LogP contribution in [0.2, 0.25) is 0 Å². The van der Waals surface area contributed by atoms with Crippen LogP contribution in [0.4, 0.5) is 0 Å². The van der Waals surface area contributed by atoms with E-state index < -0.39 is 16.5 Å². The molecule has 0 heterocycles. The van der Waals surface area contributed by atoms with Crippen molar-refractivity contribution < 1.29 is 8.76 Å². The van der Waals surface area contributed by atoms with Crippen molar-refractivity contribution in [1.82, 2.24) is 0 Å². The van der Waals surface area contributed by atoms with Gasteiger partial charge in [0.15, 0.2) is 0 Å². The summed E-state index contributed by atoms with van der Waals surface area (Å²) in [6.45, 7) is 0.315. The highest BCUT2D eigenvalue weighted by atomic mass is 32.2. The van der Waals surface area contributed by atoms with Crippen molar-refractivity contribution in [3.63, 3.8) is 0 Å². The average molecular weight is 137 g/mol. The van der Waals surface area contributed by atoms with Crippen LogP contribution in [0.25, 0.3) is 0 Å². The topological polar surface area (TPSA) is 92.2 Å². The molecule has 2 unspecified atom stereocenters. The Labute approximate surface area is 50.5 Å². The van der Waals surface area contributed by atoms with Crippen molar-refractivity contribution in [3.05, 3.63) is 0 Å². The molecule has 0 radical (unpaired) electrons. The fraction of sp³-hybridized carbons (Fsp3) is 1.00. The summed E-state index contributed by atoms with van der Waals surface area (Å²) in [7, 11) is 0. The Bertz CT molecular complexity index is 87.4. The predicted molar refractivity (Wildman–Crippen MR) is 30.6 cm³/mol. The number of rotatable bonds is 3. The van der Waals surface area contributed by atoms with Gasteiger partial charge in [-0.3, -0.25) is 4.21 Å². The molecule has 0 bridgehead atoms. The maximum absolute atomic E-state index is 9.91. The molecule has 4 nitrogen and oxygen atoms in total. The molecule has 0 spiro atoms. The summed E-state index contributed by atoms with van der Waals surface area (Å²) >= 11 is -2.16. The summed E-state index contributed by atoms with van der Waals surface area (Å²) in [5, 5.41) is -0.792. The SMILES string of the molecule is NCCC(N)S(=O)[O-]. The van der Waals surface area contributed by atoms with Crippen LogP contribution in [-0.2, 0) is 11.1 Å². The van der Waals surface area contributed by atoms with E-state index in [0.717, 1.165) is 0 Å². The molecule has 0 aromatic heterocycles. The van der Waals surface area contributed by atoms with E-state index >= 15 is 0 Å². The Morgan fingerprint density at radius 2 is 2.25 bits per heavy atom. The van der Waals surface area contributed by atoms with Gasteiger partial charge >= 0.3 is 0 Å². The van der Waals surface area contributed by atoms with Crippen molar-refractivity contribution in [2.45, 2.75) is 11.8 Å². The standard InChI is InChI=1S/C3H10N2O2S/c4-2-1-3(5)8(6)7/h3H,1-2,4-5H2,(H,6,7)/p-1. The molecule has 0 rings (SSSR count). The third-order valence-electron chi connectivity index (χ3n) is 0.698. The maximum atomic E-state index is 9.91. The van der Waals surface area contributed by atoms with Gasteiger partial charge in [-0.1, -0.05) is 0 Å². The molecule has 0 amide bonds. The second-order valence-corrected chi connectivity index (χ2v) is 2.50. The van der Waals surface area contributed by atoms with Gasteiger partial charge < -0.3 is 16.0 Å². The van der Waals surface area contributed by atoms with Gasteiger partial charge in [0.05, 0.1) is 5.37 Å².